The zero-order valence-corrected chi connectivity index (χ0v) is 10.5. The number of aliphatic hydroxyl groups is 2. The molecule has 2 atom stereocenters. The fourth-order valence-corrected chi connectivity index (χ4v) is 2.43. The van der Waals surface area contributed by atoms with Crippen molar-refractivity contribution in [3.05, 3.63) is 40.9 Å². The quantitative estimate of drug-likeness (QED) is 0.539. The first kappa shape index (κ1) is 12.4. The second-order valence-electron chi connectivity index (χ2n) is 4.82. The minimum atomic E-state index is -0.956. The average molecular weight is 276 g/mol. The van der Waals surface area contributed by atoms with Gasteiger partial charge in [0.2, 0.25) is 0 Å². The molecule has 1 aliphatic heterocycles. The maximum Gasteiger partial charge on any atom is 0.181 e. The number of phenolic OH excluding ortho intramolecular Hbond substituents is 2. The van der Waals surface area contributed by atoms with Crippen LogP contribution in [-0.2, 0) is 0 Å². The molecule has 6 nitrogen and oxygen atoms in total. The fourth-order valence-electron chi connectivity index (χ4n) is 2.43. The number of rotatable bonds is 0. The molecule has 0 aromatic heterocycles. The van der Waals surface area contributed by atoms with Gasteiger partial charge in [0.1, 0.15) is 29.3 Å². The van der Waals surface area contributed by atoms with Gasteiger partial charge in [-0.2, -0.15) is 0 Å². The lowest BCUT2D eigenvalue weighted by Gasteiger charge is -2.33. The van der Waals surface area contributed by atoms with Gasteiger partial charge in [0.25, 0.3) is 0 Å². The van der Waals surface area contributed by atoms with E-state index >= 15 is 0 Å². The molecule has 0 amide bonds. The Labute approximate surface area is 113 Å². The van der Waals surface area contributed by atoms with Crippen molar-refractivity contribution in [2.75, 3.05) is 0 Å². The van der Waals surface area contributed by atoms with Gasteiger partial charge in [0.15, 0.2) is 17.3 Å². The first-order chi connectivity index (χ1) is 9.40. The summed E-state index contributed by atoms with van der Waals surface area (Å²) in [7, 11) is 0. The highest BCUT2D eigenvalue weighted by Gasteiger charge is 2.43. The minimum absolute atomic E-state index is 0.0793. The van der Waals surface area contributed by atoms with Crippen molar-refractivity contribution in [2.45, 2.75) is 13.0 Å². The summed E-state index contributed by atoms with van der Waals surface area (Å²) in [5.74, 6) is -2.54. The number of hydrogen-bond donors (Lipinski definition) is 4. The molecule has 0 radical (unpaired) electrons. The molecular weight excluding hydrogens is 264 g/mol. The van der Waals surface area contributed by atoms with Gasteiger partial charge < -0.3 is 25.2 Å². The van der Waals surface area contributed by atoms with Crippen LogP contribution in [0.15, 0.2) is 35.3 Å². The van der Waals surface area contributed by atoms with Gasteiger partial charge in [0, 0.05) is 11.6 Å². The molecule has 2 aliphatic rings. The Kier molecular flexibility index (Phi) is 2.44. The molecule has 1 aromatic carbocycles. The first-order valence-electron chi connectivity index (χ1n) is 5.98. The average Bonchev–Trinajstić information content (AvgIpc) is 2.39. The number of aliphatic hydroxyl groups excluding tert-OH is 2. The van der Waals surface area contributed by atoms with E-state index in [1.807, 2.05) is 0 Å². The third kappa shape index (κ3) is 1.54. The summed E-state index contributed by atoms with van der Waals surface area (Å²) in [6.45, 7) is 1.49. The van der Waals surface area contributed by atoms with Crippen molar-refractivity contribution in [3.8, 4) is 17.2 Å². The Morgan fingerprint density at radius 1 is 1.10 bits per heavy atom. The smallest absolute Gasteiger partial charge is 0.181 e. The summed E-state index contributed by atoms with van der Waals surface area (Å²) in [6, 6.07) is 2.23. The topological polar surface area (TPSA) is 107 Å². The molecule has 6 heteroatoms. The molecular formula is C14H12O6. The molecule has 0 spiro atoms. The molecule has 1 aliphatic carbocycles. The highest BCUT2D eigenvalue weighted by atomic mass is 16.5. The van der Waals surface area contributed by atoms with E-state index in [0.29, 0.717) is 0 Å². The largest absolute Gasteiger partial charge is 0.511 e. The SMILES string of the molecule is CC1=C(O)[C@H]2C(=O)c3cc(O)c(O)cc3O[C@@H]2C=C1O. The number of fused-ring (bicyclic) bond motifs is 2. The van der Waals surface area contributed by atoms with Gasteiger partial charge in [0.05, 0.1) is 5.56 Å². The van der Waals surface area contributed by atoms with Gasteiger partial charge in [-0.15, -0.1) is 0 Å². The van der Waals surface area contributed by atoms with E-state index in [9.17, 15) is 25.2 Å². The summed E-state index contributed by atoms with van der Waals surface area (Å²) in [5, 5.41) is 38.6. The maximum absolute atomic E-state index is 12.4. The number of ketones is 1. The van der Waals surface area contributed by atoms with E-state index in [4.69, 9.17) is 4.74 Å². The summed E-state index contributed by atoms with van der Waals surface area (Å²) in [4.78, 5) is 12.4. The van der Waals surface area contributed by atoms with Crippen LogP contribution in [0.3, 0.4) is 0 Å². The Balaban J connectivity index is 2.16. The van der Waals surface area contributed by atoms with Crippen molar-refractivity contribution >= 4 is 5.78 Å². The van der Waals surface area contributed by atoms with Crippen LogP contribution in [-0.4, -0.2) is 32.3 Å². The Bertz CT molecular complexity index is 685. The number of aromatic hydroxyl groups is 2. The van der Waals surface area contributed by atoms with Crippen molar-refractivity contribution < 1.29 is 30.0 Å². The van der Waals surface area contributed by atoms with E-state index in [-0.39, 0.29) is 28.4 Å². The van der Waals surface area contributed by atoms with Crippen LogP contribution in [0.2, 0.25) is 0 Å². The highest BCUT2D eigenvalue weighted by molar-refractivity contribution is 6.04. The molecule has 104 valence electrons. The van der Waals surface area contributed by atoms with E-state index in [0.717, 1.165) is 12.1 Å². The molecule has 0 saturated heterocycles. The van der Waals surface area contributed by atoms with Crippen molar-refractivity contribution in [1.29, 1.82) is 0 Å². The number of phenols is 2. The molecule has 1 aromatic rings. The van der Waals surface area contributed by atoms with E-state index < -0.39 is 29.3 Å². The predicted molar refractivity (Wildman–Crippen MR) is 68.0 cm³/mol. The number of carbonyl (C=O) groups excluding carboxylic acids is 1. The molecule has 20 heavy (non-hydrogen) atoms. The Morgan fingerprint density at radius 3 is 2.45 bits per heavy atom. The van der Waals surface area contributed by atoms with Crippen LogP contribution >= 0.6 is 0 Å². The molecule has 0 saturated carbocycles. The van der Waals surface area contributed by atoms with Crippen molar-refractivity contribution in [3.63, 3.8) is 0 Å². The monoisotopic (exact) mass is 276 g/mol. The van der Waals surface area contributed by atoms with Crippen LogP contribution in [0.5, 0.6) is 17.2 Å². The molecule has 3 rings (SSSR count). The molecule has 1 heterocycles. The standard InChI is InChI=1S/C14H12O6/c1-5-7(15)3-11-12(13(5)18)14(19)6-2-8(16)9(17)4-10(6)20-11/h2-4,11-12,15-18H,1H3/t11-,12+/m1/s1. The molecule has 0 fully saturated rings. The first-order valence-corrected chi connectivity index (χ1v) is 5.98. The minimum Gasteiger partial charge on any atom is -0.511 e. The second kappa shape index (κ2) is 3.93. The lowest BCUT2D eigenvalue weighted by Crippen LogP contribution is -2.40. The lowest BCUT2D eigenvalue weighted by atomic mass is 9.82. The van der Waals surface area contributed by atoms with Gasteiger partial charge >= 0.3 is 0 Å². The zero-order chi connectivity index (χ0) is 14.6. The number of Topliss-reactive ketones (excluding diaryl/α,β-unsaturated/α-hetero) is 1. The van der Waals surface area contributed by atoms with Gasteiger partial charge in [-0.3, -0.25) is 4.79 Å². The highest BCUT2D eigenvalue weighted by Crippen LogP contribution is 2.42. The summed E-state index contributed by atoms with van der Waals surface area (Å²) < 4.78 is 5.51. The van der Waals surface area contributed by atoms with Crippen LogP contribution < -0.4 is 4.74 Å². The lowest BCUT2D eigenvalue weighted by molar-refractivity contribution is 0.0712. The molecule has 0 bridgehead atoms. The molecule has 4 N–H and O–H groups in total. The van der Waals surface area contributed by atoms with Crippen LogP contribution in [0.1, 0.15) is 17.3 Å². The van der Waals surface area contributed by atoms with Gasteiger partial charge in [-0.1, -0.05) is 0 Å². The van der Waals surface area contributed by atoms with Crippen LogP contribution in [0.4, 0.5) is 0 Å². The van der Waals surface area contributed by atoms with E-state index in [1.165, 1.54) is 13.0 Å². The summed E-state index contributed by atoms with van der Waals surface area (Å²) >= 11 is 0. The summed E-state index contributed by atoms with van der Waals surface area (Å²) in [5.41, 5.74) is 0.297. The number of ether oxygens (including phenoxy) is 1. The number of benzene rings is 1. The van der Waals surface area contributed by atoms with E-state index in [1.54, 1.807) is 0 Å². The Hall–Kier alpha value is -2.63. The number of allylic oxidation sites excluding steroid dienone is 1. The maximum atomic E-state index is 12.4. The van der Waals surface area contributed by atoms with Crippen LogP contribution in [0, 0.1) is 5.92 Å². The third-order valence-electron chi connectivity index (χ3n) is 3.60. The Morgan fingerprint density at radius 2 is 1.75 bits per heavy atom. The zero-order valence-electron chi connectivity index (χ0n) is 10.5. The van der Waals surface area contributed by atoms with Crippen LogP contribution in [0.25, 0.3) is 0 Å². The van der Waals surface area contributed by atoms with Gasteiger partial charge in [-0.25, -0.2) is 0 Å². The van der Waals surface area contributed by atoms with Crippen molar-refractivity contribution in [2.24, 2.45) is 5.92 Å². The van der Waals surface area contributed by atoms with Gasteiger partial charge in [-0.05, 0) is 19.1 Å². The predicted octanol–water partition coefficient (Wildman–Crippen LogP) is 1.95. The van der Waals surface area contributed by atoms with Crippen molar-refractivity contribution in [1.82, 2.24) is 0 Å². The molecule has 0 unspecified atom stereocenters. The third-order valence-corrected chi connectivity index (χ3v) is 3.60. The summed E-state index contributed by atoms with van der Waals surface area (Å²) in [6.07, 6.45) is 0.493. The number of hydrogen-bond acceptors (Lipinski definition) is 6. The number of carbonyl (C=O) groups is 1. The normalized spacial score (nSPS) is 24.6. The fraction of sp³-hybridized carbons (Fsp3) is 0.214. The van der Waals surface area contributed by atoms with E-state index in [2.05, 4.69) is 0 Å². The second-order valence-corrected chi connectivity index (χ2v) is 4.82.